The van der Waals surface area contributed by atoms with E-state index in [1.54, 1.807) is 18.3 Å². The highest BCUT2D eigenvalue weighted by Crippen LogP contribution is 2.25. The van der Waals surface area contributed by atoms with Crippen LogP contribution in [0, 0.1) is 0 Å². The number of pyridine rings is 1. The van der Waals surface area contributed by atoms with E-state index in [1.807, 2.05) is 36.4 Å². The Morgan fingerprint density at radius 2 is 1.95 bits per heavy atom. The van der Waals surface area contributed by atoms with Crippen LogP contribution in [0.2, 0.25) is 5.02 Å². The van der Waals surface area contributed by atoms with Crippen molar-refractivity contribution in [2.24, 2.45) is 0 Å². The van der Waals surface area contributed by atoms with E-state index in [9.17, 15) is 0 Å². The van der Waals surface area contributed by atoms with E-state index in [-0.39, 0.29) is 0 Å². The number of nitrogens with zero attached hydrogens (tertiary/aromatic N) is 1. The Morgan fingerprint density at radius 1 is 1.10 bits per heavy atom. The molecular weight excluding hydrogens is 272 g/mol. The predicted octanol–water partition coefficient (Wildman–Crippen LogP) is 4.05. The molecule has 0 saturated carbocycles. The third kappa shape index (κ3) is 2.53. The van der Waals surface area contributed by atoms with Crippen LogP contribution in [0.25, 0.3) is 10.9 Å². The summed E-state index contributed by atoms with van der Waals surface area (Å²) in [4.78, 5) is 4.33. The van der Waals surface area contributed by atoms with Gasteiger partial charge in [0.25, 0.3) is 0 Å². The van der Waals surface area contributed by atoms with Gasteiger partial charge in [-0.25, -0.2) is 0 Å². The molecule has 0 bridgehead atoms. The number of fused-ring (bicyclic) bond motifs is 1. The molecule has 1 aromatic heterocycles. The highest BCUT2D eigenvalue weighted by molar-refractivity contribution is 6.33. The zero-order valence-corrected chi connectivity index (χ0v) is 11.5. The first-order chi connectivity index (χ1) is 9.74. The number of nitrogens with two attached hydrogens (primary N) is 1. The third-order valence-electron chi connectivity index (χ3n) is 3.11. The van der Waals surface area contributed by atoms with Crippen molar-refractivity contribution in [2.45, 2.75) is 6.61 Å². The van der Waals surface area contributed by atoms with Crippen LogP contribution in [0.4, 0.5) is 5.69 Å². The molecule has 0 radical (unpaired) electrons. The van der Waals surface area contributed by atoms with Gasteiger partial charge < -0.3 is 10.5 Å². The van der Waals surface area contributed by atoms with Crippen LogP contribution in [0.5, 0.6) is 5.75 Å². The fraction of sp³-hybridized carbons (Fsp3) is 0.0625. The topological polar surface area (TPSA) is 48.1 Å². The molecule has 0 saturated heterocycles. The second kappa shape index (κ2) is 5.39. The average molecular weight is 285 g/mol. The Bertz CT molecular complexity index is 753. The van der Waals surface area contributed by atoms with Gasteiger partial charge in [-0.15, -0.1) is 0 Å². The van der Waals surface area contributed by atoms with Crippen LogP contribution in [0.3, 0.4) is 0 Å². The molecule has 0 aliphatic carbocycles. The number of hydrogen-bond donors (Lipinski definition) is 1. The summed E-state index contributed by atoms with van der Waals surface area (Å²) in [6, 6.07) is 15.2. The summed E-state index contributed by atoms with van der Waals surface area (Å²) in [6.07, 6.45) is 1.79. The van der Waals surface area contributed by atoms with Crippen LogP contribution in [0.15, 0.2) is 54.7 Å². The largest absolute Gasteiger partial charge is 0.489 e. The molecule has 0 aliphatic rings. The number of hydrogen-bond acceptors (Lipinski definition) is 3. The smallest absolute Gasteiger partial charge is 0.121 e. The average Bonchev–Trinajstić information content (AvgIpc) is 2.48. The molecule has 1 heterocycles. The van der Waals surface area contributed by atoms with Crippen LogP contribution >= 0.6 is 11.6 Å². The van der Waals surface area contributed by atoms with E-state index >= 15 is 0 Å². The maximum absolute atomic E-state index is 5.98. The fourth-order valence-corrected chi connectivity index (χ4v) is 2.21. The first-order valence-corrected chi connectivity index (χ1v) is 6.62. The number of benzene rings is 2. The van der Waals surface area contributed by atoms with Crippen LogP contribution in [-0.4, -0.2) is 4.98 Å². The van der Waals surface area contributed by atoms with Crippen molar-refractivity contribution >= 4 is 28.2 Å². The van der Waals surface area contributed by atoms with Crippen LogP contribution in [-0.2, 0) is 6.61 Å². The van der Waals surface area contributed by atoms with Gasteiger partial charge in [-0.3, -0.25) is 4.98 Å². The Hall–Kier alpha value is -2.26. The monoisotopic (exact) mass is 284 g/mol. The summed E-state index contributed by atoms with van der Waals surface area (Å²) < 4.78 is 5.77. The van der Waals surface area contributed by atoms with E-state index in [0.717, 1.165) is 16.5 Å². The molecule has 0 atom stereocenters. The van der Waals surface area contributed by atoms with Crippen molar-refractivity contribution in [2.75, 3.05) is 5.73 Å². The normalized spacial score (nSPS) is 10.7. The zero-order chi connectivity index (χ0) is 13.9. The van der Waals surface area contributed by atoms with Crippen molar-refractivity contribution < 1.29 is 4.74 Å². The first kappa shape index (κ1) is 12.8. The second-order valence-corrected chi connectivity index (χ2v) is 4.87. The highest BCUT2D eigenvalue weighted by Gasteiger charge is 2.03. The van der Waals surface area contributed by atoms with Gasteiger partial charge in [0.2, 0.25) is 0 Å². The number of halogens is 1. The summed E-state index contributed by atoms with van der Waals surface area (Å²) in [7, 11) is 0. The van der Waals surface area contributed by atoms with Crippen molar-refractivity contribution in [3.05, 3.63) is 65.3 Å². The quantitative estimate of drug-likeness (QED) is 0.738. The van der Waals surface area contributed by atoms with Crippen LogP contribution < -0.4 is 10.5 Å². The molecule has 0 fully saturated rings. The molecule has 2 N–H and O–H groups in total. The van der Waals surface area contributed by atoms with Crippen molar-refractivity contribution in [1.82, 2.24) is 4.98 Å². The molecule has 0 amide bonds. The van der Waals surface area contributed by atoms with Gasteiger partial charge in [-0.2, -0.15) is 0 Å². The van der Waals surface area contributed by atoms with Crippen molar-refractivity contribution in [3.63, 3.8) is 0 Å². The summed E-state index contributed by atoms with van der Waals surface area (Å²) in [5.41, 5.74) is 8.27. The van der Waals surface area contributed by atoms with Gasteiger partial charge in [-0.1, -0.05) is 29.8 Å². The third-order valence-corrected chi connectivity index (χ3v) is 3.43. The standard InChI is InChI=1S/C16H13ClN2O/c17-14-9-12(5-6-15(14)18)20-10-11-7-8-19-16-4-2-1-3-13(11)16/h1-9H,10,18H2. The second-order valence-electron chi connectivity index (χ2n) is 4.46. The molecule has 0 unspecified atom stereocenters. The minimum atomic E-state index is 0.462. The molecule has 2 aromatic carbocycles. The number of nitrogen functional groups attached to an aromatic ring is 1. The van der Waals surface area contributed by atoms with Crippen molar-refractivity contribution in [3.8, 4) is 5.75 Å². The Morgan fingerprint density at radius 3 is 2.80 bits per heavy atom. The Kier molecular flexibility index (Phi) is 3.44. The summed E-state index contributed by atoms with van der Waals surface area (Å²) >= 11 is 5.98. The van der Waals surface area contributed by atoms with Gasteiger partial charge >= 0.3 is 0 Å². The van der Waals surface area contributed by atoms with Gasteiger partial charge in [0, 0.05) is 23.2 Å². The van der Waals surface area contributed by atoms with E-state index < -0.39 is 0 Å². The van der Waals surface area contributed by atoms with Gasteiger partial charge in [0.1, 0.15) is 12.4 Å². The molecule has 0 spiro atoms. The van der Waals surface area contributed by atoms with Gasteiger partial charge in [-0.05, 0) is 24.3 Å². The van der Waals surface area contributed by atoms with E-state index in [0.29, 0.717) is 23.1 Å². The number of para-hydroxylation sites is 1. The minimum Gasteiger partial charge on any atom is -0.489 e. The Labute approximate surface area is 122 Å². The summed E-state index contributed by atoms with van der Waals surface area (Å²) in [5, 5.41) is 1.60. The molecular formula is C16H13ClN2O. The molecule has 3 aromatic rings. The summed E-state index contributed by atoms with van der Waals surface area (Å²) in [5.74, 6) is 0.699. The van der Waals surface area contributed by atoms with E-state index in [2.05, 4.69) is 4.98 Å². The minimum absolute atomic E-state index is 0.462. The number of anilines is 1. The lowest BCUT2D eigenvalue weighted by Gasteiger charge is -2.09. The van der Waals surface area contributed by atoms with Crippen molar-refractivity contribution in [1.29, 1.82) is 0 Å². The maximum Gasteiger partial charge on any atom is 0.121 e. The number of rotatable bonds is 3. The fourth-order valence-electron chi connectivity index (χ4n) is 2.04. The lowest BCUT2D eigenvalue weighted by Crippen LogP contribution is -1.97. The number of aromatic nitrogens is 1. The molecule has 100 valence electrons. The number of ether oxygens (including phenoxy) is 1. The SMILES string of the molecule is Nc1ccc(OCc2ccnc3ccccc23)cc1Cl. The molecule has 20 heavy (non-hydrogen) atoms. The van der Waals surface area contributed by atoms with E-state index in [1.165, 1.54) is 0 Å². The Balaban J connectivity index is 1.85. The molecule has 3 nitrogen and oxygen atoms in total. The zero-order valence-electron chi connectivity index (χ0n) is 10.7. The van der Waals surface area contributed by atoms with Crippen LogP contribution in [0.1, 0.15) is 5.56 Å². The van der Waals surface area contributed by atoms with E-state index in [4.69, 9.17) is 22.1 Å². The summed E-state index contributed by atoms with van der Waals surface area (Å²) in [6.45, 7) is 0.462. The highest BCUT2D eigenvalue weighted by atomic mass is 35.5. The lowest BCUT2D eigenvalue weighted by atomic mass is 10.1. The maximum atomic E-state index is 5.98. The van der Waals surface area contributed by atoms with Gasteiger partial charge in [0.15, 0.2) is 0 Å². The predicted molar refractivity (Wildman–Crippen MR) is 81.9 cm³/mol. The lowest BCUT2D eigenvalue weighted by molar-refractivity contribution is 0.307. The molecule has 0 aliphatic heterocycles. The molecule has 4 heteroatoms. The van der Waals surface area contributed by atoms with Gasteiger partial charge in [0.05, 0.1) is 16.2 Å². The first-order valence-electron chi connectivity index (χ1n) is 6.24. The molecule has 3 rings (SSSR count).